The van der Waals surface area contributed by atoms with Gasteiger partial charge in [0.25, 0.3) is 5.92 Å². The molecule has 3 rings (SSSR count). The third-order valence-electron chi connectivity index (χ3n) is 3.83. The zero-order valence-corrected chi connectivity index (χ0v) is 10.2. The molecule has 102 valence electrons. The fraction of sp³-hybridized carbons (Fsp3) is 0.462. The van der Waals surface area contributed by atoms with E-state index in [1.807, 2.05) is 0 Å². The first-order chi connectivity index (χ1) is 9.00. The third kappa shape index (κ3) is 1.87. The van der Waals surface area contributed by atoms with Crippen molar-refractivity contribution in [2.75, 3.05) is 18.8 Å². The number of ether oxygens (including phenoxy) is 1. The average molecular weight is 268 g/mol. The second-order valence-electron chi connectivity index (χ2n) is 4.94. The number of rotatable bonds is 1. The molecule has 0 saturated carbocycles. The van der Waals surface area contributed by atoms with Crippen molar-refractivity contribution in [2.45, 2.75) is 24.9 Å². The number of nitrogens with two attached hydrogens (primary N) is 1. The Hall–Kier alpha value is -1.69. The van der Waals surface area contributed by atoms with Gasteiger partial charge in [0.1, 0.15) is 6.61 Å². The monoisotopic (exact) mass is 268 g/mol. The zero-order chi connectivity index (χ0) is 13.6. The van der Waals surface area contributed by atoms with Crippen LogP contribution < -0.4 is 11.1 Å². The van der Waals surface area contributed by atoms with Gasteiger partial charge in [0.15, 0.2) is 0 Å². The van der Waals surface area contributed by atoms with E-state index in [0.717, 1.165) is 0 Å². The van der Waals surface area contributed by atoms with Gasteiger partial charge in [-0.2, -0.15) is 0 Å². The number of carbonyl (C=O) groups is 1. The summed E-state index contributed by atoms with van der Waals surface area (Å²) in [4.78, 5) is 11.4. The molecule has 1 unspecified atom stereocenters. The van der Waals surface area contributed by atoms with Crippen molar-refractivity contribution in [3.05, 3.63) is 28.8 Å². The summed E-state index contributed by atoms with van der Waals surface area (Å²) in [5.41, 5.74) is 7.53. The van der Waals surface area contributed by atoms with E-state index < -0.39 is 17.8 Å². The maximum atomic E-state index is 14.0. The predicted molar refractivity (Wildman–Crippen MR) is 65.1 cm³/mol. The number of hydrogen-bond acceptors (Lipinski definition) is 4. The minimum Gasteiger partial charge on any atom is -0.457 e. The summed E-state index contributed by atoms with van der Waals surface area (Å²) in [6.45, 7) is 0.556. The van der Waals surface area contributed by atoms with Gasteiger partial charge in [-0.05, 0) is 11.6 Å². The van der Waals surface area contributed by atoms with Crippen LogP contribution in [0.5, 0.6) is 0 Å². The number of fused-ring (bicyclic) bond motifs is 1. The van der Waals surface area contributed by atoms with Crippen molar-refractivity contribution >= 4 is 11.7 Å². The number of hydrogen-bond donors (Lipinski definition) is 2. The summed E-state index contributed by atoms with van der Waals surface area (Å²) in [6, 6.07) is 3.05. The molecule has 3 N–H and O–H groups in total. The van der Waals surface area contributed by atoms with E-state index in [1.165, 1.54) is 12.1 Å². The fourth-order valence-corrected chi connectivity index (χ4v) is 2.71. The quantitative estimate of drug-likeness (QED) is 0.600. The van der Waals surface area contributed by atoms with Crippen molar-refractivity contribution in [3.8, 4) is 0 Å². The third-order valence-corrected chi connectivity index (χ3v) is 3.83. The lowest BCUT2D eigenvalue weighted by Crippen LogP contribution is -2.43. The summed E-state index contributed by atoms with van der Waals surface area (Å²) in [6.07, 6.45) is -0.205. The van der Waals surface area contributed by atoms with E-state index in [-0.39, 0.29) is 25.3 Å². The Morgan fingerprint density at radius 2 is 2.21 bits per heavy atom. The van der Waals surface area contributed by atoms with Crippen LogP contribution in [0.25, 0.3) is 0 Å². The minimum atomic E-state index is -2.78. The summed E-state index contributed by atoms with van der Waals surface area (Å²) >= 11 is 0. The molecule has 4 nitrogen and oxygen atoms in total. The van der Waals surface area contributed by atoms with E-state index in [4.69, 9.17) is 10.5 Å². The molecule has 0 radical (unpaired) electrons. The molecule has 1 atom stereocenters. The number of cyclic esters (lactones) is 1. The highest BCUT2D eigenvalue weighted by Gasteiger charge is 2.43. The van der Waals surface area contributed by atoms with Gasteiger partial charge in [0.2, 0.25) is 0 Å². The number of esters is 1. The Bertz CT molecular complexity index is 546. The second-order valence-corrected chi connectivity index (χ2v) is 4.94. The molecule has 1 saturated heterocycles. The van der Waals surface area contributed by atoms with Crippen LogP contribution >= 0.6 is 0 Å². The Kier molecular flexibility index (Phi) is 2.70. The molecule has 0 amide bonds. The predicted octanol–water partition coefficient (Wildman–Crippen LogP) is 1.65. The van der Waals surface area contributed by atoms with Crippen molar-refractivity contribution in [1.29, 1.82) is 0 Å². The summed E-state index contributed by atoms with van der Waals surface area (Å²) in [5, 5.41) is 2.96. The molecule has 19 heavy (non-hydrogen) atoms. The SMILES string of the molecule is Nc1c(C2CNCCC2(F)F)ccc2c1COC2=O. The molecule has 6 heteroatoms. The number of alkyl halides is 2. The van der Waals surface area contributed by atoms with Crippen LogP contribution in [0.3, 0.4) is 0 Å². The van der Waals surface area contributed by atoms with E-state index in [1.54, 1.807) is 0 Å². The number of halogens is 2. The number of carbonyl (C=O) groups excluding carboxylic acids is 1. The average Bonchev–Trinajstić information content (AvgIpc) is 2.73. The van der Waals surface area contributed by atoms with Crippen LogP contribution in [0, 0.1) is 0 Å². The molecule has 0 spiro atoms. The maximum absolute atomic E-state index is 14.0. The Balaban J connectivity index is 2.04. The van der Waals surface area contributed by atoms with E-state index in [0.29, 0.717) is 23.2 Å². The standard InChI is InChI=1S/C13H14F2N2O2/c14-13(15)3-4-17-5-10(13)8-2-1-7-9(11(8)16)6-19-12(7)18/h1-2,10,17H,3-6,16H2. The van der Waals surface area contributed by atoms with Crippen LogP contribution in [-0.2, 0) is 11.3 Å². The summed E-state index contributed by atoms with van der Waals surface area (Å²) in [5.74, 6) is -4.18. The van der Waals surface area contributed by atoms with Crippen LogP contribution in [0.2, 0.25) is 0 Å². The first-order valence-electron chi connectivity index (χ1n) is 6.17. The van der Waals surface area contributed by atoms with Crippen molar-refractivity contribution in [1.82, 2.24) is 5.32 Å². The Morgan fingerprint density at radius 3 is 2.95 bits per heavy atom. The first kappa shape index (κ1) is 12.3. The Labute approximate surface area is 108 Å². The normalized spacial score (nSPS) is 24.9. The van der Waals surface area contributed by atoms with Gasteiger partial charge >= 0.3 is 5.97 Å². The summed E-state index contributed by atoms with van der Waals surface area (Å²) < 4.78 is 32.8. The van der Waals surface area contributed by atoms with Crippen LogP contribution in [-0.4, -0.2) is 25.0 Å². The molecule has 2 heterocycles. The molecule has 0 bridgehead atoms. The lowest BCUT2D eigenvalue weighted by atomic mass is 9.85. The highest BCUT2D eigenvalue weighted by Crippen LogP contribution is 2.42. The lowest BCUT2D eigenvalue weighted by Gasteiger charge is -2.33. The number of benzene rings is 1. The lowest BCUT2D eigenvalue weighted by molar-refractivity contribution is -0.0477. The van der Waals surface area contributed by atoms with Crippen molar-refractivity contribution < 1.29 is 18.3 Å². The van der Waals surface area contributed by atoms with E-state index >= 15 is 0 Å². The molecule has 0 aliphatic carbocycles. The fourth-order valence-electron chi connectivity index (χ4n) is 2.71. The summed E-state index contributed by atoms with van der Waals surface area (Å²) in [7, 11) is 0. The van der Waals surface area contributed by atoms with Gasteiger partial charge in [0.05, 0.1) is 11.5 Å². The number of nitrogen functional groups attached to an aromatic ring is 1. The molecule has 1 aromatic rings. The smallest absolute Gasteiger partial charge is 0.338 e. The van der Waals surface area contributed by atoms with E-state index in [9.17, 15) is 13.6 Å². The first-order valence-corrected chi connectivity index (χ1v) is 6.17. The highest BCUT2D eigenvalue weighted by atomic mass is 19.3. The molecule has 2 aliphatic heterocycles. The van der Waals surface area contributed by atoms with Gasteiger partial charge in [-0.25, -0.2) is 13.6 Å². The minimum absolute atomic E-state index is 0.0690. The molecule has 0 aromatic heterocycles. The van der Waals surface area contributed by atoms with Crippen molar-refractivity contribution in [3.63, 3.8) is 0 Å². The van der Waals surface area contributed by atoms with Gasteiger partial charge in [-0.3, -0.25) is 0 Å². The van der Waals surface area contributed by atoms with Crippen molar-refractivity contribution in [2.24, 2.45) is 0 Å². The van der Waals surface area contributed by atoms with Crippen LogP contribution in [0.1, 0.15) is 33.8 Å². The molecule has 2 aliphatic rings. The van der Waals surface area contributed by atoms with Gasteiger partial charge in [-0.1, -0.05) is 6.07 Å². The Morgan fingerprint density at radius 1 is 1.42 bits per heavy atom. The second kappa shape index (κ2) is 4.16. The van der Waals surface area contributed by atoms with Crippen LogP contribution in [0.15, 0.2) is 12.1 Å². The van der Waals surface area contributed by atoms with E-state index in [2.05, 4.69) is 5.32 Å². The molecular weight excluding hydrogens is 254 g/mol. The molecule has 1 fully saturated rings. The molecular formula is C13H14F2N2O2. The zero-order valence-electron chi connectivity index (χ0n) is 10.2. The van der Waals surface area contributed by atoms with Gasteiger partial charge in [0, 0.05) is 30.8 Å². The number of nitrogens with one attached hydrogen (secondary N) is 1. The van der Waals surface area contributed by atoms with Gasteiger partial charge in [-0.15, -0.1) is 0 Å². The van der Waals surface area contributed by atoms with Crippen LogP contribution in [0.4, 0.5) is 14.5 Å². The highest BCUT2D eigenvalue weighted by molar-refractivity contribution is 5.95. The molecule has 1 aromatic carbocycles. The number of piperidine rings is 1. The van der Waals surface area contributed by atoms with Gasteiger partial charge < -0.3 is 15.8 Å². The number of anilines is 1. The topological polar surface area (TPSA) is 64.3 Å². The largest absolute Gasteiger partial charge is 0.457 e. The maximum Gasteiger partial charge on any atom is 0.338 e.